The van der Waals surface area contributed by atoms with Gasteiger partial charge in [0.1, 0.15) is 6.04 Å². The van der Waals surface area contributed by atoms with Crippen molar-refractivity contribution in [3.63, 3.8) is 0 Å². The molecule has 0 spiro atoms. The Bertz CT molecular complexity index is 553. The largest absolute Gasteiger partial charge is 0.324 e. The van der Waals surface area contributed by atoms with Gasteiger partial charge in [-0.15, -0.1) is 0 Å². The summed E-state index contributed by atoms with van der Waals surface area (Å²) in [5.41, 5.74) is 10.2. The van der Waals surface area contributed by atoms with Crippen LogP contribution in [0.5, 0.6) is 0 Å². The predicted molar refractivity (Wildman–Crippen MR) is 82.9 cm³/mol. The van der Waals surface area contributed by atoms with Gasteiger partial charge in [0.25, 0.3) is 0 Å². The summed E-state index contributed by atoms with van der Waals surface area (Å²) >= 11 is 0. The number of carbonyl (C=O) groups is 1. The van der Waals surface area contributed by atoms with Crippen molar-refractivity contribution in [1.29, 1.82) is 0 Å². The van der Waals surface area contributed by atoms with Gasteiger partial charge in [-0.3, -0.25) is 10.2 Å². The lowest BCUT2D eigenvalue weighted by atomic mass is 9.90. The molecule has 3 N–H and O–H groups in total. The summed E-state index contributed by atoms with van der Waals surface area (Å²) in [4.78, 5) is 12.5. The maximum Gasteiger partial charge on any atom is 0.242 e. The standard InChI is InChI=1S/C17H23N3O/c21-17(16-10-15(19-20-16)12-8-9-12)18-14-7-3-5-11-4-1-2-6-13(11)14/h3,5,7,12,15-16,19-20H,1-2,4,6,8-10H2,(H,18,21). The number of nitrogens with one attached hydrogen (secondary N) is 3. The molecule has 4 rings (SSSR count). The van der Waals surface area contributed by atoms with Crippen molar-refractivity contribution >= 4 is 11.6 Å². The van der Waals surface area contributed by atoms with Gasteiger partial charge in [0, 0.05) is 11.7 Å². The van der Waals surface area contributed by atoms with Crippen LogP contribution in [0, 0.1) is 5.92 Å². The van der Waals surface area contributed by atoms with Gasteiger partial charge >= 0.3 is 0 Å². The first-order chi connectivity index (χ1) is 10.3. The van der Waals surface area contributed by atoms with Crippen molar-refractivity contribution < 1.29 is 4.79 Å². The quantitative estimate of drug-likeness (QED) is 0.797. The van der Waals surface area contributed by atoms with Gasteiger partial charge in [0.15, 0.2) is 0 Å². The first-order valence-electron chi connectivity index (χ1n) is 8.24. The van der Waals surface area contributed by atoms with Gasteiger partial charge < -0.3 is 5.32 Å². The number of benzene rings is 1. The number of aryl methyl sites for hydroxylation is 1. The summed E-state index contributed by atoms with van der Waals surface area (Å²) in [5.74, 6) is 0.879. The van der Waals surface area contributed by atoms with Crippen molar-refractivity contribution in [1.82, 2.24) is 10.9 Å². The molecule has 1 saturated carbocycles. The maximum absolute atomic E-state index is 12.5. The molecule has 112 valence electrons. The van der Waals surface area contributed by atoms with Crippen LogP contribution in [0.15, 0.2) is 18.2 Å². The van der Waals surface area contributed by atoms with E-state index in [0.29, 0.717) is 6.04 Å². The van der Waals surface area contributed by atoms with E-state index in [1.54, 1.807) is 0 Å². The van der Waals surface area contributed by atoms with Gasteiger partial charge in [0.05, 0.1) is 0 Å². The highest BCUT2D eigenvalue weighted by Crippen LogP contribution is 2.36. The number of amides is 1. The first kappa shape index (κ1) is 13.3. The van der Waals surface area contributed by atoms with E-state index < -0.39 is 0 Å². The molecule has 4 heteroatoms. The van der Waals surface area contributed by atoms with Crippen molar-refractivity contribution in [2.75, 3.05) is 5.32 Å². The second-order valence-corrected chi connectivity index (χ2v) is 6.66. The highest BCUT2D eigenvalue weighted by Gasteiger charge is 2.38. The first-order valence-corrected chi connectivity index (χ1v) is 8.24. The summed E-state index contributed by atoms with van der Waals surface area (Å²) in [5, 5.41) is 3.15. The molecule has 0 radical (unpaired) electrons. The normalized spacial score (nSPS) is 28.2. The number of hydrogen-bond acceptors (Lipinski definition) is 3. The third kappa shape index (κ3) is 2.70. The van der Waals surface area contributed by atoms with Crippen molar-refractivity contribution in [2.45, 2.75) is 57.0 Å². The molecule has 3 aliphatic rings. The van der Waals surface area contributed by atoms with Crippen molar-refractivity contribution in [3.05, 3.63) is 29.3 Å². The molecular weight excluding hydrogens is 262 g/mol. The molecule has 0 bridgehead atoms. The van der Waals surface area contributed by atoms with E-state index in [4.69, 9.17) is 0 Å². The number of carbonyl (C=O) groups excluding carboxylic acids is 1. The minimum atomic E-state index is -0.102. The number of hydrogen-bond donors (Lipinski definition) is 3. The minimum absolute atomic E-state index is 0.102. The minimum Gasteiger partial charge on any atom is -0.324 e. The van der Waals surface area contributed by atoms with E-state index in [1.165, 1.54) is 36.8 Å². The summed E-state index contributed by atoms with van der Waals surface area (Å²) in [6.07, 6.45) is 8.25. The Hall–Kier alpha value is -1.39. The lowest BCUT2D eigenvalue weighted by Crippen LogP contribution is -2.40. The lowest BCUT2D eigenvalue weighted by Gasteiger charge is -2.20. The monoisotopic (exact) mass is 285 g/mol. The Balaban J connectivity index is 1.45. The maximum atomic E-state index is 12.5. The summed E-state index contributed by atoms with van der Waals surface area (Å²) in [6, 6.07) is 6.68. The molecule has 2 unspecified atom stereocenters. The van der Waals surface area contributed by atoms with E-state index in [0.717, 1.165) is 30.9 Å². The number of anilines is 1. The van der Waals surface area contributed by atoms with Crippen LogP contribution in [-0.4, -0.2) is 18.0 Å². The number of hydrazine groups is 1. The van der Waals surface area contributed by atoms with Gasteiger partial charge in [-0.1, -0.05) is 12.1 Å². The molecule has 1 aromatic carbocycles. The zero-order chi connectivity index (χ0) is 14.2. The van der Waals surface area contributed by atoms with Crippen LogP contribution in [0.3, 0.4) is 0 Å². The van der Waals surface area contributed by atoms with Gasteiger partial charge in [-0.05, 0) is 68.1 Å². The van der Waals surface area contributed by atoms with Crippen LogP contribution in [0.4, 0.5) is 5.69 Å². The van der Waals surface area contributed by atoms with Crippen LogP contribution in [-0.2, 0) is 17.6 Å². The fourth-order valence-corrected chi connectivity index (χ4v) is 3.68. The van der Waals surface area contributed by atoms with Crippen LogP contribution in [0.2, 0.25) is 0 Å². The van der Waals surface area contributed by atoms with Gasteiger partial charge in [-0.25, -0.2) is 5.43 Å². The fourth-order valence-electron chi connectivity index (χ4n) is 3.68. The van der Waals surface area contributed by atoms with Crippen LogP contribution >= 0.6 is 0 Å². The molecule has 0 aromatic heterocycles. The highest BCUT2D eigenvalue weighted by molar-refractivity contribution is 5.95. The summed E-state index contributed by atoms with van der Waals surface area (Å²) in [7, 11) is 0. The zero-order valence-electron chi connectivity index (χ0n) is 12.3. The smallest absolute Gasteiger partial charge is 0.242 e. The molecule has 4 nitrogen and oxygen atoms in total. The Morgan fingerprint density at radius 3 is 2.86 bits per heavy atom. The SMILES string of the molecule is O=C(Nc1cccc2c1CCCC2)C1CC(C2CC2)NN1. The Labute approximate surface area is 125 Å². The summed E-state index contributed by atoms with van der Waals surface area (Å²) < 4.78 is 0. The third-order valence-electron chi connectivity index (χ3n) is 5.09. The average molecular weight is 285 g/mol. The molecule has 1 aromatic rings. The molecule has 2 atom stereocenters. The van der Waals surface area contributed by atoms with Crippen LogP contribution in [0.25, 0.3) is 0 Å². The Morgan fingerprint density at radius 2 is 2.00 bits per heavy atom. The third-order valence-corrected chi connectivity index (χ3v) is 5.09. The van der Waals surface area contributed by atoms with E-state index >= 15 is 0 Å². The molecule has 1 saturated heterocycles. The molecule has 1 heterocycles. The lowest BCUT2D eigenvalue weighted by molar-refractivity contribution is -0.117. The van der Waals surface area contributed by atoms with E-state index in [9.17, 15) is 4.79 Å². The fraction of sp³-hybridized carbons (Fsp3) is 0.588. The van der Waals surface area contributed by atoms with Crippen LogP contribution in [0.1, 0.15) is 43.2 Å². The van der Waals surface area contributed by atoms with Crippen molar-refractivity contribution in [3.8, 4) is 0 Å². The van der Waals surface area contributed by atoms with Gasteiger partial charge in [-0.2, -0.15) is 0 Å². The van der Waals surface area contributed by atoms with E-state index in [-0.39, 0.29) is 11.9 Å². The second kappa shape index (κ2) is 5.43. The Kier molecular flexibility index (Phi) is 3.43. The molecule has 1 aliphatic heterocycles. The second-order valence-electron chi connectivity index (χ2n) is 6.66. The topological polar surface area (TPSA) is 53.2 Å². The molecule has 2 aliphatic carbocycles. The predicted octanol–water partition coefficient (Wildman–Crippen LogP) is 2.15. The average Bonchev–Trinajstić information content (AvgIpc) is 3.25. The summed E-state index contributed by atoms with van der Waals surface area (Å²) in [6.45, 7) is 0. The molecule has 2 fully saturated rings. The molecular formula is C17H23N3O. The van der Waals surface area contributed by atoms with Crippen molar-refractivity contribution in [2.24, 2.45) is 5.92 Å². The number of fused-ring (bicyclic) bond motifs is 1. The highest BCUT2D eigenvalue weighted by atomic mass is 16.2. The van der Waals surface area contributed by atoms with E-state index in [2.05, 4.69) is 28.3 Å². The zero-order valence-corrected chi connectivity index (χ0v) is 12.3. The molecule has 1 amide bonds. The van der Waals surface area contributed by atoms with Crippen LogP contribution < -0.4 is 16.2 Å². The number of rotatable bonds is 3. The molecule has 21 heavy (non-hydrogen) atoms. The Morgan fingerprint density at radius 1 is 1.14 bits per heavy atom. The van der Waals surface area contributed by atoms with Gasteiger partial charge in [0.2, 0.25) is 5.91 Å². The van der Waals surface area contributed by atoms with E-state index in [1.807, 2.05) is 6.07 Å².